The number of hydrogen-bond donors (Lipinski definition) is 0. The summed E-state index contributed by atoms with van der Waals surface area (Å²) in [6.07, 6.45) is 8.46. The number of rotatable bonds is 4. The van der Waals surface area contributed by atoms with E-state index in [0.717, 1.165) is 39.0 Å². The maximum atomic E-state index is 13.0. The number of thiophene rings is 1. The smallest absolute Gasteiger partial charge is 0.225 e. The average molecular weight is 345 g/mol. The van der Waals surface area contributed by atoms with Crippen molar-refractivity contribution in [2.24, 2.45) is 0 Å². The third-order valence-corrected chi connectivity index (χ3v) is 6.04. The lowest BCUT2D eigenvalue weighted by atomic mass is 9.99. The standard InChI is InChI=1S/C18H23N3O2S/c22-18(12-16-15-6-11-24-17(15)5-10-23-16)21-9-2-1-4-14(21)13-20-8-3-7-19-20/h3,6-8,11,14,16H,1-2,4-5,9-10,12-13H2/t14-,16+/m0/s1. The van der Waals surface area contributed by atoms with E-state index < -0.39 is 0 Å². The van der Waals surface area contributed by atoms with Crippen molar-refractivity contribution in [2.45, 2.75) is 50.8 Å². The number of nitrogens with zero attached hydrogens (tertiary/aromatic N) is 3. The predicted molar refractivity (Wildman–Crippen MR) is 92.9 cm³/mol. The van der Waals surface area contributed by atoms with Crippen LogP contribution < -0.4 is 0 Å². The predicted octanol–water partition coefficient (Wildman–Crippen LogP) is 3.03. The van der Waals surface area contributed by atoms with Crippen LogP contribution in [-0.2, 0) is 22.5 Å². The van der Waals surface area contributed by atoms with E-state index in [1.54, 1.807) is 17.5 Å². The van der Waals surface area contributed by atoms with Gasteiger partial charge in [-0.1, -0.05) is 0 Å². The number of fused-ring (bicyclic) bond motifs is 1. The first kappa shape index (κ1) is 15.8. The Hall–Kier alpha value is -1.66. The maximum Gasteiger partial charge on any atom is 0.225 e. The largest absolute Gasteiger partial charge is 0.373 e. The lowest BCUT2D eigenvalue weighted by Crippen LogP contribution is -2.46. The first-order valence-electron chi connectivity index (χ1n) is 8.76. The monoisotopic (exact) mass is 345 g/mol. The molecule has 1 fully saturated rings. The van der Waals surface area contributed by atoms with E-state index in [9.17, 15) is 4.79 Å². The van der Waals surface area contributed by atoms with Gasteiger partial charge in [0.15, 0.2) is 0 Å². The summed E-state index contributed by atoms with van der Waals surface area (Å²) < 4.78 is 7.84. The van der Waals surface area contributed by atoms with Gasteiger partial charge in [-0.2, -0.15) is 5.10 Å². The van der Waals surface area contributed by atoms with Crippen LogP contribution >= 0.6 is 11.3 Å². The molecule has 2 aromatic heterocycles. The summed E-state index contributed by atoms with van der Waals surface area (Å²) in [6.45, 7) is 2.37. The molecule has 0 unspecified atom stereocenters. The number of hydrogen-bond acceptors (Lipinski definition) is 4. The summed E-state index contributed by atoms with van der Waals surface area (Å²) in [5.74, 6) is 0.218. The van der Waals surface area contributed by atoms with Crippen LogP contribution in [0.2, 0.25) is 0 Å². The fourth-order valence-electron chi connectivity index (χ4n) is 3.81. The summed E-state index contributed by atoms with van der Waals surface area (Å²) in [6, 6.07) is 4.30. The van der Waals surface area contributed by atoms with Gasteiger partial charge in [0.05, 0.1) is 31.7 Å². The van der Waals surface area contributed by atoms with E-state index in [2.05, 4.69) is 21.4 Å². The van der Waals surface area contributed by atoms with Gasteiger partial charge in [-0.05, 0) is 42.3 Å². The molecular weight excluding hydrogens is 322 g/mol. The molecule has 0 saturated carbocycles. The highest BCUT2D eigenvalue weighted by atomic mass is 32.1. The first-order valence-corrected chi connectivity index (χ1v) is 9.64. The summed E-state index contributed by atoms with van der Waals surface area (Å²) in [7, 11) is 0. The molecule has 0 aromatic carbocycles. The molecule has 6 heteroatoms. The second-order valence-corrected chi connectivity index (χ2v) is 7.58. The van der Waals surface area contributed by atoms with Crippen LogP contribution in [0.1, 0.15) is 42.2 Å². The van der Waals surface area contributed by atoms with Gasteiger partial charge in [-0.3, -0.25) is 9.48 Å². The topological polar surface area (TPSA) is 47.4 Å². The van der Waals surface area contributed by atoms with Crippen LogP contribution in [0.4, 0.5) is 0 Å². The SMILES string of the molecule is O=C(C[C@H]1OCCc2sccc21)N1CCCC[C@H]1Cn1cccn1. The normalized spacial score (nSPS) is 23.9. The van der Waals surface area contributed by atoms with Gasteiger partial charge >= 0.3 is 0 Å². The van der Waals surface area contributed by atoms with E-state index in [-0.39, 0.29) is 18.1 Å². The van der Waals surface area contributed by atoms with Crippen molar-refractivity contribution in [3.05, 3.63) is 40.3 Å². The molecule has 2 atom stereocenters. The number of ether oxygens (including phenoxy) is 1. The van der Waals surface area contributed by atoms with Gasteiger partial charge < -0.3 is 9.64 Å². The number of aromatic nitrogens is 2. The van der Waals surface area contributed by atoms with Crippen molar-refractivity contribution < 1.29 is 9.53 Å². The molecule has 0 N–H and O–H groups in total. The number of likely N-dealkylation sites (tertiary alicyclic amines) is 1. The fourth-order valence-corrected chi connectivity index (χ4v) is 4.73. The molecule has 2 aromatic rings. The lowest BCUT2D eigenvalue weighted by Gasteiger charge is -2.37. The number of carbonyl (C=O) groups excluding carboxylic acids is 1. The molecule has 2 aliphatic rings. The highest BCUT2D eigenvalue weighted by molar-refractivity contribution is 7.10. The fraction of sp³-hybridized carbons (Fsp3) is 0.556. The van der Waals surface area contributed by atoms with E-state index in [1.165, 1.54) is 16.9 Å². The molecule has 0 aliphatic carbocycles. The minimum Gasteiger partial charge on any atom is -0.373 e. The molecule has 0 bridgehead atoms. The van der Waals surface area contributed by atoms with Crippen molar-refractivity contribution in [1.82, 2.24) is 14.7 Å². The molecular formula is C18H23N3O2S. The van der Waals surface area contributed by atoms with Gasteiger partial charge in [-0.25, -0.2) is 0 Å². The highest BCUT2D eigenvalue weighted by Gasteiger charge is 2.31. The number of piperidine rings is 1. The van der Waals surface area contributed by atoms with Gasteiger partial charge in [0.25, 0.3) is 0 Å². The first-order chi connectivity index (χ1) is 11.8. The Morgan fingerprint density at radius 1 is 1.42 bits per heavy atom. The quantitative estimate of drug-likeness (QED) is 0.856. The zero-order valence-electron chi connectivity index (χ0n) is 13.8. The molecule has 0 spiro atoms. The van der Waals surface area contributed by atoms with E-state index >= 15 is 0 Å². The zero-order chi connectivity index (χ0) is 16.4. The third kappa shape index (κ3) is 3.26. The Kier molecular flexibility index (Phi) is 4.67. The Morgan fingerprint density at radius 3 is 3.25 bits per heavy atom. The van der Waals surface area contributed by atoms with Crippen LogP contribution in [0.3, 0.4) is 0 Å². The minimum atomic E-state index is -0.0696. The summed E-state index contributed by atoms with van der Waals surface area (Å²) >= 11 is 1.78. The molecule has 4 rings (SSSR count). The molecule has 5 nitrogen and oxygen atoms in total. The van der Waals surface area contributed by atoms with Crippen LogP contribution in [0.5, 0.6) is 0 Å². The number of amides is 1. The molecule has 2 aliphatic heterocycles. The van der Waals surface area contributed by atoms with Crippen molar-refractivity contribution in [2.75, 3.05) is 13.2 Å². The second kappa shape index (κ2) is 7.07. The van der Waals surface area contributed by atoms with E-state index in [0.29, 0.717) is 6.42 Å². The molecule has 1 saturated heterocycles. The minimum absolute atomic E-state index is 0.0696. The van der Waals surface area contributed by atoms with Gasteiger partial charge in [0.1, 0.15) is 0 Å². The molecule has 1 amide bonds. The molecule has 0 radical (unpaired) electrons. The van der Waals surface area contributed by atoms with E-state index in [1.807, 2.05) is 16.9 Å². The molecule has 128 valence electrons. The third-order valence-electron chi connectivity index (χ3n) is 5.04. The maximum absolute atomic E-state index is 13.0. The summed E-state index contributed by atoms with van der Waals surface area (Å²) in [4.78, 5) is 16.4. The summed E-state index contributed by atoms with van der Waals surface area (Å²) in [5, 5.41) is 6.41. The van der Waals surface area contributed by atoms with Gasteiger partial charge in [-0.15, -0.1) is 11.3 Å². The molecule has 4 heterocycles. The van der Waals surface area contributed by atoms with Crippen molar-refractivity contribution in [3.8, 4) is 0 Å². The lowest BCUT2D eigenvalue weighted by molar-refractivity contribution is -0.138. The van der Waals surface area contributed by atoms with E-state index in [4.69, 9.17) is 4.74 Å². The van der Waals surface area contributed by atoms with Gasteiger partial charge in [0.2, 0.25) is 5.91 Å². The van der Waals surface area contributed by atoms with Crippen molar-refractivity contribution in [1.29, 1.82) is 0 Å². The van der Waals surface area contributed by atoms with Crippen LogP contribution in [-0.4, -0.2) is 39.8 Å². The molecule has 24 heavy (non-hydrogen) atoms. The zero-order valence-corrected chi connectivity index (χ0v) is 14.6. The Bertz CT molecular complexity index is 682. The van der Waals surface area contributed by atoms with Crippen LogP contribution in [0.25, 0.3) is 0 Å². The van der Waals surface area contributed by atoms with Crippen LogP contribution in [0.15, 0.2) is 29.9 Å². The van der Waals surface area contributed by atoms with Crippen LogP contribution in [0, 0.1) is 0 Å². The highest BCUT2D eigenvalue weighted by Crippen LogP contribution is 2.34. The Morgan fingerprint density at radius 2 is 2.38 bits per heavy atom. The van der Waals surface area contributed by atoms with Crippen molar-refractivity contribution >= 4 is 17.2 Å². The Balaban J connectivity index is 1.44. The average Bonchev–Trinajstić information content (AvgIpc) is 3.27. The van der Waals surface area contributed by atoms with Gasteiger partial charge in [0, 0.05) is 30.2 Å². The Labute approximate surface area is 146 Å². The van der Waals surface area contributed by atoms with Crippen molar-refractivity contribution in [3.63, 3.8) is 0 Å². The summed E-state index contributed by atoms with van der Waals surface area (Å²) in [5.41, 5.74) is 1.22. The second-order valence-electron chi connectivity index (χ2n) is 6.58. The number of carbonyl (C=O) groups is 1.